The molecule has 0 spiro atoms. The highest BCUT2D eigenvalue weighted by atomic mass is 32.2. The number of hydrogen-bond acceptors (Lipinski definition) is 5. The van der Waals surface area contributed by atoms with Crippen molar-refractivity contribution < 1.29 is 36.2 Å². The van der Waals surface area contributed by atoms with Gasteiger partial charge in [-0.1, -0.05) is 30.3 Å². The molecule has 4 rings (SSSR count). The molecule has 3 aromatic rings. The Hall–Kier alpha value is -3.13. The summed E-state index contributed by atoms with van der Waals surface area (Å²) < 4.78 is 88.0. The van der Waals surface area contributed by atoms with Crippen LogP contribution in [-0.4, -0.2) is 19.3 Å². The van der Waals surface area contributed by atoms with Crippen LogP contribution in [-0.2, 0) is 15.6 Å². The minimum atomic E-state index is -4.22. The Morgan fingerprint density at radius 2 is 1.65 bits per heavy atom. The highest BCUT2D eigenvalue weighted by molar-refractivity contribution is 8.03. The van der Waals surface area contributed by atoms with E-state index in [1.54, 1.807) is 12.1 Å². The lowest BCUT2D eigenvalue weighted by atomic mass is 9.97. The number of thioether (sulfide) groups is 1. The van der Waals surface area contributed by atoms with E-state index in [0.717, 1.165) is 30.5 Å². The summed E-state index contributed by atoms with van der Waals surface area (Å²) in [5, 5.41) is 10.1. The fourth-order valence-electron chi connectivity index (χ4n) is 4.12. The predicted octanol–water partition coefficient (Wildman–Crippen LogP) is 7.73. The Morgan fingerprint density at radius 1 is 0.973 bits per heavy atom. The fraction of sp³-hybridized carbons (Fsp3) is 0.296. The number of alkyl halides is 2. The molecule has 37 heavy (non-hydrogen) atoms. The molecule has 10 heteroatoms. The lowest BCUT2D eigenvalue weighted by Crippen LogP contribution is -2.27. The number of nitriles is 1. The van der Waals surface area contributed by atoms with E-state index in [1.807, 2.05) is 19.1 Å². The zero-order valence-corrected chi connectivity index (χ0v) is 20.5. The second kappa shape index (κ2) is 11.5. The van der Waals surface area contributed by atoms with E-state index in [2.05, 4.69) is 4.74 Å². The van der Waals surface area contributed by atoms with Crippen LogP contribution in [0, 0.1) is 28.1 Å². The van der Waals surface area contributed by atoms with Gasteiger partial charge in [0.1, 0.15) is 28.6 Å². The normalized spacial score (nSPS) is 17.9. The summed E-state index contributed by atoms with van der Waals surface area (Å²) in [5.41, 5.74) is 0.828. The van der Waals surface area contributed by atoms with Crippen LogP contribution in [0.1, 0.15) is 37.0 Å². The zero-order chi connectivity index (χ0) is 26.6. The molecule has 2 atom stereocenters. The van der Waals surface area contributed by atoms with Crippen LogP contribution < -0.4 is 4.74 Å². The van der Waals surface area contributed by atoms with Crippen LogP contribution in [0.3, 0.4) is 0 Å². The zero-order valence-electron chi connectivity index (χ0n) is 19.6. The van der Waals surface area contributed by atoms with Crippen LogP contribution >= 0.6 is 11.8 Å². The van der Waals surface area contributed by atoms with Crippen molar-refractivity contribution in [1.82, 2.24) is 0 Å². The van der Waals surface area contributed by atoms with E-state index in [9.17, 15) is 22.0 Å². The molecule has 0 N–H and O–H groups in total. The number of thiocyanates is 1. The van der Waals surface area contributed by atoms with Crippen LogP contribution in [0.2, 0.25) is 0 Å². The van der Waals surface area contributed by atoms with Crippen molar-refractivity contribution in [3.63, 3.8) is 0 Å². The van der Waals surface area contributed by atoms with Gasteiger partial charge in [0.15, 0.2) is 0 Å². The molecular formula is C27H22F5NO3S. The van der Waals surface area contributed by atoms with Crippen LogP contribution in [0.15, 0.2) is 59.5 Å². The van der Waals surface area contributed by atoms with Crippen molar-refractivity contribution in [2.24, 2.45) is 0 Å². The maximum atomic E-state index is 14.7. The number of rotatable bonds is 8. The molecule has 0 radical (unpaired) electrons. The van der Waals surface area contributed by atoms with Crippen molar-refractivity contribution in [2.45, 2.75) is 43.0 Å². The highest BCUT2D eigenvalue weighted by Crippen LogP contribution is 2.37. The predicted molar refractivity (Wildman–Crippen MR) is 128 cm³/mol. The van der Waals surface area contributed by atoms with Crippen molar-refractivity contribution in [2.75, 3.05) is 13.2 Å². The third-order valence-corrected chi connectivity index (χ3v) is 6.59. The third-order valence-electron chi connectivity index (χ3n) is 5.90. The highest BCUT2D eigenvalue weighted by Gasteiger charge is 2.38. The average Bonchev–Trinajstić information content (AvgIpc) is 2.86. The standard InChI is InChI=1S/C27H22F5NO3S/c1-2-34-19-8-10-25(35-14-19)17-5-3-16(4-6-17)18-7-9-21(22(28)11-18)27(31,32)36-20-12-23(29)26(37-15-33)24(30)13-20/h3-7,9,11-13,19,25H,2,8,10,14H2,1H3. The molecule has 1 aliphatic heterocycles. The number of benzene rings is 3. The SMILES string of the molecule is CCOC1CCC(c2ccc(-c3ccc(C(F)(F)Oc4cc(F)c(SC#N)c(F)c4)c(F)c3)cc2)OC1. The summed E-state index contributed by atoms with van der Waals surface area (Å²) in [5.74, 6) is -4.59. The fourth-order valence-corrected chi connectivity index (χ4v) is 4.52. The molecular weight excluding hydrogens is 513 g/mol. The van der Waals surface area contributed by atoms with Gasteiger partial charge in [-0.25, -0.2) is 13.2 Å². The first-order valence-electron chi connectivity index (χ1n) is 11.5. The first kappa shape index (κ1) is 26.9. The molecule has 0 saturated carbocycles. The monoisotopic (exact) mass is 535 g/mol. The number of hydrogen-bond donors (Lipinski definition) is 0. The summed E-state index contributed by atoms with van der Waals surface area (Å²) in [6.45, 7) is 3.08. The van der Waals surface area contributed by atoms with Crippen molar-refractivity contribution in [3.8, 4) is 22.3 Å². The van der Waals surface area contributed by atoms with Crippen molar-refractivity contribution in [3.05, 3.63) is 83.2 Å². The second-order valence-electron chi connectivity index (χ2n) is 8.32. The minimum absolute atomic E-state index is 0.0806. The Labute approximate surface area is 215 Å². The summed E-state index contributed by atoms with van der Waals surface area (Å²) in [7, 11) is 0. The molecule has 0 aromatic heterocycles. The molecule has 1 saturated heterocycles. The molecule has 2 unspecified atom stereocenters. The molecule has 1 aliphatic rings. The number of ether oxygens (including phenoxy) is 3. The van der Waals surface area contributed by atoms with E-state index >= 15 is 0 Å². The van der Waals surface area contributed by atoms with Crippen molar-refractivity contribution >= 4 is 11.8 Å². The molecule has 0 aliphatic carbocycles. The van der Waals surface area contributed by atoms with Crippen LogP contribution in [0.4, 0.5) is 22.0 Å². The van der Waals surface area contributed by atoms with Gasteiger partial charge < -0.3 is 14.2 Å². The van der Waals surface area contributed by atoms with E-state index < -0.39 is 39.8 Å². The van der Waals surface area contributed by atoms with Crippen LogP contribution in [0.25, 0.3) is 11.1 Å². The van der Waals surface area contributed by atoms with Crippen LogP contribution in [0.5, 0.6) is 5.75 Å². The molecule has 194 valence electrons. The van der Waals surface area contributed by atoms with Crippen molar-refractivity contribution in [1.29, 1.82) is 5.26 Å². The number of nitrogens with zero attached hydrogens (tertiary/aromatic N) is 1. The molecule has 0 amide bonds. The lowest BCUT2D eigenvalue weighted by molar-refractivity contribution is -0.187. The molecule has 3 aromatic carbocycles. The average molecular weight is 536 g/mol. The van der Waals surface area contributed by atoms with Gasteiger partial charge in [-0.05, 0) is 60.4 Å². The lowest BCUT2D eigenvalue weighted by Gasteiger charge is -2.29. The summed E-state index contributed by atoms with van der Waals surface area (Å²) >= 11 is 0.205. The molecule has 1 fully saturated rings. The molecule has 0 bridgehead atoms. The van der Waals surface area contributed by atoms with Gasteiger partial charge in [-0.15, -0.1) is 0 Å². The van der Waals surface area contributed by atoms with Gasteiger partial charge in [0.05, 0.1) is 29.3 Å². The van der Waals surface area contributed by atoms with E-state index in [4.69, 9.17) is 14.7 Å². The summed E-state index contributed by atoms with van der Waals surface area (Å²) in [6.07, 6.45) is -2.53. The Morgan fingerprint density at radius 3 is 2.22 bits per heavy atom. The van der Waals surface area contributed by atoms with Gasteiger partial charge in [-0.3, -0.25) is 0 Å². The van der Waals surface area contributed by atoms with Gasteiger partial charge in [0.25, 0.3) is 0 Å². The first-order valence-corrected chi connectivity index (χ1v) is 12.3. The second-order valence-corrected chi connectivity index (χ2v) is 9.12. The Bertz CT molecular complexity index is 1270. The topological polar surface area (TPSA) is 51.5 Å². The molecule has 4 nitrogen and oxygen atoms in total. The van der Waals surface area contributed by atoms with Gasteiger partial charge in [-0.2, -0.15) is 14.0 Å². The van der Waals surface area contributed by atoms with E-state index in [-0.39, 0.29) is 24.0 Å². The smallest absolute Gasteiger partial charge is 0.429 e. The van der Waals surface area contributed by atoms with E-state index in [0.29, 0.717) is 36.5 Å². The quantitative estimate of drug-likeness (QED) is 0.168. The Balaban J connectivity index is 1.47. The van der Waals surface area contributed by atoms with Gasteiger partial charge in [0.2, 0.25) is 0 Å². The number of halogens is 5. The molecule has 1 heterocycles. The maximum absolute atomic E-state index is 14.7. The van der Waals surface area contributed by atoms with Gasteiger partial charge >= 0.3 is 6.11 Å². The van der Waals surface area contributed by atoms with Gasteiger partial charge in [0, 0.05) is 18.7 Å². The first-order chi connectivity index (χ1) is 17.7. The maximum Gasteiger partial charge on any atom is 0.429 e. The third kappa shape index (κ3) is 6.24. The Kier molecular flexibility index (Phi) is 8.37. The minimum Gasteiger partial charge on any atom is -0.429 e. The van der Waals surface area contributed by atoms with E-state index in [1.165, 1.54) is 11.5 Å². The summed E-state index contributed by atoms with van der Waals surface area (Å²) in [6, 6.07) is 11.3. The largest absolute Gasteiger partial charge is 0.429 e. The summed E-state index contributed by atoms with van der Waals surface area (Å²) in [4.78, 5) is -0.649.